The lowest BCUT2D eigenvalue weighted by atomic mass is 10.1. The van der Waals surface area contributed by atoms with E-state index in [9.17, 15) is 4.79 Å². The van der Waals surface area contributed by atoms with Crippen LogP contribution in [0.4, 0.5) is 0 Å². The highest BCUT2D eigenvalue weighted by atomic mass is 16.5. The van der Waals surface area contributed by atoms with Gasteiger partial charge in [-0.1, -0.05) is 43.7 Å². The number of carbonyl (C=O) groups excluding carboxylic acids is 1. The summed E-state index contributed by atoms with van der Waals surface area (Å²) in [5.41, 5.74) is 1.39. The van der Waals surface area contributed by atoms with Gasteiger partial charge in [0.15, 0.2) is 0 Å². The van der Waals surface area contributed by atoms with Crippen LogP contribution in [0.25, 0.3) is 0 Å². The third kappa shape index (κ3) is 10.2. The standard InChI is InChI=1S/C20H29N3O2/c1-2-3-14-25-15-8-13-23-20(24)19(16-21)17-22-12-7-11-18-9-5-4-6-10-18/h4-6,9-10,17,22H,2-3,7-8,11-15H2,1H3,(H,23,24)/b19-17-. The van der Waals surface area contributed by atoms with Gasteiger partial charge in [0.25, 0.3) is 5.91 Å². The predicted octanol–water partition coefficient (Wildman–Crippen LogP) is 2.94. The van der Waals surface area contributed by atoms with Crippen molar-refractivity contribution in [1.82, 2.24) is 10.6 Å². The maximum absolute atomic E-state index is 11.9. The van der Waals surface area contributed by atoms with Crippen molar-refractivity contribution in [3.05, 3.63) is 47.7 Å². The van der Waals surface area contributed by atoms with Crippen molar-refractivity contribution >= 4 is 5.91 Å². The van der Waals surface area contributed by atoms with Crippen LogP contribution in [0.1, 0.15) is 38.2 Å². The topological polar surface area (TPSA) is 74.1 Å². The normalized spacial score (nSPS) is 11.0. The molecule has 0 aliphatic heterocycles. The molecule has 136 valence electrons. The van der Waals surface area contributed by atoms with Gasteiger partial charge in [-0.15, -0.1) is 0 Å². The number of unbranched alkanes of at least 4 members (excludes halogenated alkanes) is 1. The Morgan fingerprint density at radius 1 is 1.16 bits per heavy atom. The molecule has 0 fully saturated rings. The van der Waals surface area contributed by atoms with Gasteiger partial charge in [0, 0.05) is 32.5 Å². The van der Waals surface area contributed by atoms with Crippen LogP contribution in [0, 0.1) is 11.3 Å². The van der Waals surface area contributed by atoms with Gasteiger partial charge >= 0.3 is 0 Å². The first-order chi connectivity index (χ1) is 12.3. The molecule has 0 aliphatic carbocycles. The fourth-order valence-electron chi connectivity index (χ4n) is 2.18. The van der Waals surface area contributed by atoms with E-state index in [2.05, 4.69) is 29.7 Å². The number of ether oxygens (including phenoxy) is 1. The second kappa shape index (κ2) is 14.1. The fraction of sp³-hybridized carbons (Fsp3) is 0.500. The van der Waals surface area contributed by atoms with Crippen LogP contribution in [0.2, 0.25) is 0 Å². The lowest BCUT2D eigenvalue weighted by molar-refractivity contribution is -0.117. The lowest BCUT2D eigenvalue weighted by Gasteiger charge is -2.06. The summed E-state index contributed by atoms with van der Waals surface area (Å²) < 4.78 is 5.43. The van der Waals surface area contributed by atoms with E-state index < -0.39 is 0 Å². The van der Waals surface area contributed by atoms with Gasteiger partial charge in [0.05, 0.1) is 0 Å². The molecule has 1 aromatic rings. The Labute approximate surface area is 151 Å². The van der Waals surface area contributed by atoms with Crippen molar-refractivity contribution < 1.29 is 9.53 Å². The second-order valence-corrected chi connectivity index (χ2v) is 5.79. The average molecular weight is 343 g/mol. The SMILES string of the molecule is CCCCOCCCNC(=O)/C(C#N)=C\NCCCc1ccccc1. The number of amides is 1. The first-order valence-electron chi connectivity index (χ1n) is 9.01. The molecule has 0 radical (unpaired) electrons. The minimum Gasteiger partial charge on any atom is -0.390 e. The van der Waals surface area contributed by atoms with Gasteiger partial charge in [-0.25, -0.2) is 0 Å². The zero-order valence-corrected chi connectivity index (χ0v) is 15.1. The molecule has 5 nitrogen and oxygen atoms in total. The van der Waals surface area contributed by atoms with E-state index in [1.54, 1.807) is 0 Å². The summed E-state index contributed by atoms with van der Waals surface area (Å²) >= 11 is 0. The Morgan fingerprint density at radius 2 is 1.92 bits per heavy atom. The Hall–Kier alpha value is -2.32. The van der Waals surface area contributed by atoms with Gasteiger partial charge in [-0.05, 0) is 31.2 Å². The summed E-state index contributed by atoms with van der Waals surface area (Å²) in [4.78, 5) is 11.9. The molecule has 0 heterocycles. The minimum absolute atomic E-state index is 0.103. The first-order valence-corrected chi connectivity index (χ1v) is 9.01. The van der Waals surface area contributed by atoms with Crippen molar-refractivity contribution in [3.8, 4) is 6.07 Å². The van der Waals surface area contributed by atoms with Crippen LogP contribution in [0.3, 0.4) is 0 Å². The molecular weight excluding hydrogens is 314 g/mol. The molecule has 0 unspecified atom stereocenters. The van der Waals surface area contributed by atoms with Crippen molar-refractivity contribution in [2.75, 3.05) is 26.3 Å². The lowest BCUT2D eigenvalue weighted by Crippen LogP contribution is -2.27. The highest BCUT2D eigenvalue weighted by Gasteiger charge is 2.07. The molecule has 5 heteroatoms. The fourth-order valence-corrected chi connectivity index (χ4v) is 2.18. The van der Waals surface area contributed by atoms with Gasteiger partial charge in [-0.3, -0.25) is 4.79 Å². The molecule has 0 spiro atoms. The number of hydrogen-bond acceptors (Lipinski definition) is 4. The molecule has 2 N–H and O–H groups in total. The molecule has 1 amide bonds. The van der Waals surface area contributed by atoms with Crippen molar-refractivity contribution in [2.45, 2.75) is 39.0 Å². The summed E-state index contributed by atoms with van der Waals surface area (Å²) in [5.74, 6) is -0.341. The highest BCUT2D eigenvalue weighted by molar-refractivity contribution is 5.97. The molecule has 0 saturated carbocycles. The van der Waals surface area contributed by atoms with Crippen LogP contribution >= 0.6 is 0 Å². The Morgan fingerprint density at radius 3 is 2.64 bits per heavy atom. The summed E-state index contributed by atoms with van der Waals surface area (Å²) in [6, 6.07) is 12.2. The average Bonchev–Trinajstić information content (AvgIpc) is 2.64. The van der Waals surface area contributed by atoms with E-state index in [-0.39, 0.29) is 11.5 Å². The number of rotatable bonds is 13. The van der Waals surface area contributed by atoms with E-state index in [1.807, 2.05) is 24.3 Å². The highest BCUT2D eigenvalue weighted by Crippen LogP contribution is 2.01. The molecule has 1 rings (SSSR count). The molecule has 0 aromatic heterocycles. The number of hydrogen-bond donors (Lipinski definition) is 2. The van der Waals surface area contributed by atoms with Crippen molar-refractivity contribution in [1.29, 1.82) is 5.26 Å². The second-order valence-electron chi connectivity index (χ2n) is 5.79. The van der Waals surface area contributed by atoms with E-state index in [0.717, 1.165) is 45.3 Å². The largest absolute Gasteiger partial charge is 0.390 e. The molecule has 1 aromatic carbocycles. The molecule has 0 aliphatic rings. The molecule has 0 bridgehead atoms. The van der Waals surface area contributed by atoms with Crippen LogP contribution in [-0.2, 0) is 16.0 Å². The van der Waals surface area contributed by atoms with Crippen LogP contribution in [0.5, 0.6) is 0 Å². The molecule has 0 saturated heterocycles. The number of nitriles is 1. The monoisotopic (exact) mass is 343 g/mol. The third-order valence-corrected chi connectivity index (χ3v) is 3.63. The molecule has 25 heavy (non-hydrogen) atoms. The minimum atomic E-state index is -0.341. The Balaban J connectivity index is 2.15. The maximum Gasteiger partial charge on any atom is 0.263 e. The quantitative estimate of drug-likeness (QED) is 0.328. The number of aryl methyl sites for hydroxylation is 1. The summed E-state index contributed by atoms with van der Waals surface area (Å²) in [5, 5.41) is 14.9. The van der Waals surface area contributed by atoms with Crippen molar-refractivity contribution in [2.24, 2.45) is 0 Å². The third-order valence-electron chi connectivity index (χ3n) is 3.63. The number of benzene rings is 1. The van der Waals surface area contributed by atoms with Gasteiger partial charge in [0.1, 0.15) is 11.6 Å². The smallest absolute Gasteiger partial charge is 0.263 e. The summed E-state index contributed by atoms with van der Waals surface area (Å²) in [7, 11) is 0. The van der Waals surface area contributed by atoms with Gasteiger partial charge in [-0.2, -0.15) is 5.26 Å². The Bertz CT molecular complexity index is 550. The van der Waals surface area contributed by atoms with E-state index in [4.69, 9.17) is 10.00 Å². The number of carbonyl (C=O) groups is 1. The van der Waals surface area contributed by atoms with Crippen molar-refractivity contribution in [3.63, 3.8) is 0 Å². The van der Waals surface area contributed by atoms with Gasteiger partial charge in [0.2, 0.25) is 0 Å². The van der Waals surface area contributed by atoms with E-state index in [1.165, 1.54) is 11.8 Å². The Kier molecular flexibility index (Phi) is 11.7. The van der Waals surface area contributed by atoms with E-state index in [0.29, 0.717) is 13.2 Å². The first kappa shape index (κ1) is 20.7. The maximum atomic E-state index is 11.9. The van der Waals surface area contributed by atoms with Crippen LogP contribution in [0.15, 0.2) is 42.1 Å². The molecule has 0 atom stereocenters. The predicted molar refractivity (Wildman–Crippen MR) is 99.8 cm³/mol. The van der Waals surface area contributed by atoms with Crippen LogP contribution < -0.4 is 10.6 Å². The van der Waals surface area contributed by atoms with E-state index >= 15 is 0 Å². The van der Waals surface area contributed by atoms with Crippen LogP contribution in [-0.4, -0.2) is 32.2 Å². The number of nitrogens with one attached hydrogen (secondary N) is 2. The summed E-state index contributed by atoms with van der Waals surface area (Å²) in [6.07, 6.45) is 6.33. The van der Waals surface area contributed by atoms with Gasteiger partial charge < -0.3 is 15.4 Å². The zero-order chi connectivity index (χ0) is 18.2. The molecular formula is C20H29N3O2. The zero-order valence-electron chi connectivity index (χ0n) is 15.1. The number of nitrogens with zero attached hydrogens (tertiary/aromatic N) is 1. The summed E-state index contributed by atoms with van der Waals surface area (Å²) in [6.45, 7) is 4.75.